The van der Waals surface area contributed by atoms with Gasteiger partial charge in [0.25, 0.3) is 5.56 Å². The zero-order valence-corrected chi connectivity index (χ0v) is 19.1. The summed E-state index contributed by atoms with van der Waals surface area (Å²) >= 11 is 2.67. The zero-order chi connectivity index (χ0) is 22.9. The van der Waals surface area contributed by atoms with Crippen molar-refractivity contribution in [2.75, 3.05) is 11.1 Å². The van der Waals surface area contributed by atoms with Gasteiger partial charge in [-0.1, -0.05) is 42.1 Å². The number of anilines is 1. The number of thiophene rings is 1. The van der Waals surface area contributed by atoms with Crippen LogP contribution in [0.4, 0.5) is 14.5 Å². The lowest BCUT2D eigenvalue weighted by Crippen LogP contribution is -2.25. The molecule has 0 radical (unpaired) electrons. The lowest BCUT2D eigenvalue weighted by molar-refractivity contribution is -0.113. The van der Waals surface area contributed by atoms with Gasteiger partial charge in [-0.3, -0.25) is 14.2 Å². The third-order valence-corrected chi connectivity index (χ3v) is 7.67. The van der Waals surface area contributed by atoms with Crippen LogP contribution in [0.3, 0.4) is 0 Å². The Hall–Kier alpha value is -3.04. The summed E-state index contributed by atoms with van der Waals surface area (Å²) in [4.78, 5) is 32.6. The van der Waals surface area contributed by atoms with Gasteiger partial charge in [0, 0.05) is 10.9 Å². The quantitative estimate of drug-likeness (QED) is 0.310. The maximum Gasteiger partial charge on any atom is 0.263 e. The number of carbonyl (C=O) groups is 1. The molecule has 2 heterocycles. The molecule has 2 aromatic heterocycles. The SMILES string of the molecule is O=C(CSc1nc2sc3c(c2c(=O)n1Cc1ccccc1)CCC3)Nc1ccc(F)cc1F. The van der Waals surface area contributed by atoms with Crippen molar-refractivity contribution >= 4 is 44.9 Å². The fraction of sp³-hybridized carbons (Fsp3) is 0.208. The van der Waals surface area contributed by atoms with E-state index in [9.17, 15) is 18.4 Å². The largest absolute Gasteiger partial charge is 0.323 e. The number of hydrogen-bond acceptors (Lipinski definition) is 5. The summed E-state index contributed by atoms with van der Waals surface area (Å²) in [6.45, 7) is 0.337. The smallest absolute Gasteiger partial charge is 0.263 e. The predicted molar refractivity (Wildman–Crippen MR) is 127 cm³/mol. The number of halogens is 2. The molecule has 0 spiro atoms. The third kappa shape index (κ3) is 4.43. The molecule has 2 aromatic carbocycles. The van der Waals surface area contributed by atoms with Crippen LogP contribution < -0.4 is 10.9 Å². The van der Waals surface area contributed by atoms with Crippen molar-refractivity contribution in [1.29, 1.82) is 0 Å². The van der Waals surface area contributed by atoms with Crippen LogP contribution in [0.2, 0.25) is 0 Å². The molecule has 5 nitrogen and oxygen atoms in total. The van der Waals surface area contributed by atoms with Gasteiger partial charge in [0.15, 0.2) is 5.16 Å². The summed E-state index contributed by atoms with van der Waals surface area (Å²) in [7, 11) is 0. The van der Waals surface area contributed by atoms with Gasteiger partial charge in [-0.2, -0.15) is 0 Å². The second-order valence-corrected chi connectivity index (χ2v) is 9.80. The normalized spacial score (nSPS) is 12.8. The van der Waals surface area contributed by atoms with Gasteiger partial charge in [-0.05, 0) is 42.5 Å². The molecule has 0 saturated heterocycles. The van der Waals surface area contributed by atoms with E-state index >= 15 is 0 Å². The highest BCUT2D eigenvalue weighted by Crippen LogP contribution is 2.35. The Morgan fingerprint density at radius 2 is 1.97 bits per heavy atom. The van der Waals surface area contributed by atoms with Gasteiger partial charge in [0.2, 0.25) is 5.91 Å². The minimum absolute atomic E-state index is 0.0748. The molecular formula is C24H19F2N3O2S2. The van der Waals surface area contributed by atoms with E-state index in [1.165, 1.54) is 10.9 Å². The highest BCUT2D eigenvalue weighted by molar-refractivity contribution is 7.99. The highest BCUT2D eigenvalue weighted by Gasteiger charge is 2.24. The van der Waals surface area contributed by atoms with Crippen LogP contribution in [0.15, 0.2) is 58.5 Å². The summed E-state index contributed by atoms with van der Waals surface area (Å²) in [6, 6.07) is 12.6. The fourth-order valence-electron chi connectivity index (χ4n) is 3.98. The summed E-state index contributed by atoms with van der Waals surface area (Å²) in [5.74, 6) is -2.11. The first-order valence-electron chi connectivity index (χ1n) is 10.5. The van der Waals surface area contributed by atoms with E-state index in [1.807, 2.05) is 30.3 Å². The molecule has 0 atom stereocenters. The number of nitrogens with zero attached hydrogens (tertiary/aromatic N) is 2. The first-order chi connectivity index (χ1) is 16.0. The number of rotatable bonds is 6. The number of aryl methyl sites for hydroxylation is 2. The van der Waals surface area contributed by atoms with E-state index in [-0.39, 0.29) is 17.0 Å². The van der Waals surface area contributed by atoms with Gasteiger partial charge < -0.3 is 5.32 Å². The average molecular weight is 484 g/mol. The van der Waals surface area contributed by atoms with Gasteiger partial charge in [0.05, 0.1) is 23.4 Å². The molecule has 168 valence electrons. The Labute approximate surface area is 196 Å². The second-order valence-electron chi connectivity index (χ2n) is 7.77. The number of carbonyl (C=O) groups excluding carboxylic acids is 1. The van der Waals surface area contributed by atoms with Crippen LogP contribution in [-0.2, 0) is 24.2 Å². The van der Waals surface area contributed by atoms with Crippen LogP contribution in [-0.4, -0.2) is 21.2 Å². The van der Waals surface area contributed by atoms with Crippen molar-refractivity contribution < 1.29 is 13.6 Å². The minimum atomic E-state index is -0.845. The zero-order valence-electron chi connectivity index (χ0n) is 17.4. The van der Waals surface area contributed by atoms with Crippen molar-refractivity contribution in [2.45, 2.75) is 31.0 Å². The van der Waals surface area contributed by atoms with Crippen LogP contribution >= 0.6 is 23.1 Å². The number of amides is 1. The van der Waals surface area contributed by atoms with Crippen LogP contribution in [0.1, 0.15) is 22.4 Å². The summed E-state index contributed by atoms with van der Waals surface area (Å²) < 4.78 is 28.6. The van der Waals surface area contributed by atoms with E-state index in [1.54, 1.807) is 15.9 Å². The number of thioether (sulfide) groups is 1. The van der Waals surface area contributed by atoms with E-state index in [0.29, 0.717) is 28.0 Å². The van der Waals surface area contributed by atoms with Crippen LogP contribution in [0.25, 0.3) is 10.2 Å². The number of hydrogen-bond donors (Lipinski definition) is 1. The van der Waals surface area contributed by atoms with Crippen molar-refractivity contribution in [2.24, 2.45) is 0 Å². The number of aromatic nitrogens is 2. The maximum absolute atomic E-state index is 13.9. The van der Waals surface area contributed by atoms with Crippen molar-refractivity contribution in [3.8, 4) is 0 Å². The Kier molecular flexibility index (Phi) is 5.99. The minimum Gasteiger partial charge on any atom is -0.323 e. The number of benzene rings is 2. The van der Waals surface area contributed by atoms with Gasteiger partial charge in [0.1, 0.15) is 16.5 Å². The molecule has 1 aliphatic rings. The molecule has 33 heavy (non-hydrogen) atoms. The molecule has 0 aliphatic heterocycles. The van der Waals surface area contributed by atoms with Gasteiger partial charge in [-0.25, -0.2) is 13.8 Å². The molecule has 1 N–H and O–H groups in total. The van der Waals surface area contributed by atoms with Gasteiger partial charge in [-0.15, -0.1) is 11.3 Å². The molecule has 5 rings (SSSR count). The second kappa shape index (κ2) is 9.07. The standard InChI is InChI=1S/C24H19F2N3O2S2/c25-15-9-10-18(17(26)11-15)27-20(30)13-32-24-28-22-21(16-7-4-8-19(16)33-22)23(31)29(24)12-14-5-2-1-3-6-14/h1-3,5-6,9-11H,4,7-8,12-13H2,(H,27,30). The molecule has 4 aromatic rings. The number of nitrogens with one attached hydrogen (secondary N) is 1. The first kappa shape index (κ1) is 21.8. The molecule has 0 unspecified atom stereocenters. The first-order valence-corrected chi connectivity index (χ1v) is 12.3. The monoisotopic (exact) mass is 483 g/mol. The van der Waals surface area contributed by atoms with Crippen molar-refractivity contribution in [1.82, 2.24) is 9.55 Å². The van der Waals surface area contributed by atoms with Gasteiger partial charge >= 0.3 is 0 Å². The van der Waals surface area contributed by atoms with E-state index in [4.69, 9.17) is 4.98 Å². The maximum atomic E-state index is 13.9. The van der Waals surface area contributed by atoms with Crippen LogP contribution in [0, 0.1) is 11.6 Å². The summed E-state index contributed by atoms with van der Waals surface area (Å²) in [5, 5.41) is 3.57. The van der Waals surface area contributed by atoms with E-state index < -0.39 is 17.5 Å². The average Bonchev–Trinajstić information content (AvgIpc) is 3.38. The topological polar surface area (TPSA) is 64.0 Å². The summed E-state index contributed by atoms with van der Waals surface area (Å²) in [5.41, 5.74) is 1.86. The molecule has 1 amide bonds. The fourth-order valence-corrected chi connectivity index (χ4v) is 6.08. The van der Waals surface area contributed by atoms with E-state index in [2.05, 4.69) is 5.32 Å². The van der Waals surface area contributed by atoms with E-state index in [0.717, 1.165) is 48.2 Å². The molecule has 0 fully saturated rings. The number of fused-ring (bicyclic) bond motifs is 3. The molecule has 0 saturated carbocycles. The molecule has 1 aliphatic carbocycles. The van der Waals surface area contributed by atoms with Crippen molar-refractivity contribution in [3.63, 3.8) is 0 Å². The lowest BCUT2D eigenvalue weighted by atomic mass is 10.2. The van der Waals surface area contributed by atoms with Crippen molar-refractivity contribution in [3.05, 3.63) is 86.5 Å². The third-order valence-electron chi connectivity index (χ3n) is 5.51. The highest BCUT2D eigenvalue weighted by atomic mass is 32.2. The molecule has 0 bridgehead atoms. The predicted octanol–water partition coefficient (Wildman–Crippen LogP) is 5.00. The molecule has 9 heteroatoms. The van der Waals surface area contributed by atoms with Crippen LogP contribution in [0.5, 0.6) is 0 Å². The Morgan fingerprint density at radius 1 is 1.15 bits per heavy atom. The molecular weight excluding hydrogens is 464 g/mol. The Bertz CT molecular complexity index is 1420. The lowest BCUT2D eigenvalue weighted by Gasteiger charge is -2.13. The Balaban J connectivity index is 1.45. The Morgan fingerprint density at radius 3 is 2.76 bits per heavy atom. The summed E-state index contributed by atoms with van der Waals surface area (Å²) in [6.07, 6.45) is 2.89.